The van der Waals surface area contributed by atoms with Crippen molar-refractivity contribution in [3.05, 3.63) is 59.3 Å². The summed E-state index contributed by atoms with van der Waals surface area (Å²) in [4.78, 5) is 16.9. The molecule has 1 amide bonds. The van der Waals surface area contributed by atoms with Crippen molar-refractivity contribution in [3.8, 4) is 11.3 Å². The maximum atomic E-state index is 12.6. The van der Waals surface area contributed by atoms with Gasteiger partial charge in [0.15, 0.2) is 5.76 Å². The predicted octanol–water partition coefficient (Wildman–Crippen LogP) is 3.61. The molecule has 0 unspecified atom stereocenters. The average Bonchev–Trinajstić information content (AvgIpc) is 3.17. The van der Waals surface area contributed by atoms with Crippen LogP contribution in [0.3, 0.4) is 0 Å². The van der Waals surface area contributed by atoms with E-state index in [9.17, 15) is 4.79 Å². The van der Waals surface area contributed by atoms with Gasteiger partial charge in [-0.1, -0.05) is 23.7 Å². The van der Waals surface area contributed by atoms with E-state index in [0.717, 1.165) is 24.2 Å². The van der Waals surface area contributed by atoms with Gasteiger partial charge < -0.3 is 9.73 Å². The molecule has 4 rings (SSSR count). The summed E-state index contributed by atoms with van der Waals surface area (Å²) >= 11 is 6.19. The number of nitrogens with zero attached hydrogens (tertiary/aromatic N) is 3. The van der Waals surface area contributed by atoms with Crippen molar-refractivity contribution in [2.45, 2.75) is 18.9 Å². The number of amides is 1. The van der Waals surface area contributed by atoms with Crippen LogP contribution in [0.2, 0.25) is 5.02 Å². The number of furan rings is 1. The molecule has 0 spiro atoms. The normalized spacial score (nSPS) is 15.1. The van der Waals surface area contributed by atoms with E-state index in [1.54, 1.807) is 22.9 Å². The van der Waals surface area contributed by atoms with Gasteiger partial charge in [0, 0.05) is 12.6 Å². The smallest absolute Gasteiger partial charge is 0.287 e. The third-order valence-electron chi connectivity index (χ3n) is 4.37. The predicted molar refractivity (Wildman–Crippen MR) is 93.1 cm³/mol. The molecule has 3 aromatic rings. The Bertz CT molecular complexity index is 913. The van der Waals surface area contributed by atoms with Gasteiger partial charge in [0.2, 0.25) is 0 Å². The number of halogens is 1. The van der Waals surface area contributed by atoms with Crippen LogP contribution in [0, 0.1) is 5.92 Å². The van der Waals surface area contributed by atoms with Crippen LogP contribution in [0.25, 0.3) is 11.3 Å². The number of nitrogens with one attached hydrogen (secondary N) is 1. The average molecular weight is 357 g/mol. The van der Waals surface area contributed by atoms with Crippen LogP contribution in [0.15, 0.2) is 47.1 Å². The zero-order valence-electron chi connectivity index (χ0n) is 13.6. The number of rotatable bonds is 5. The molecule has 1 N–H and O–H groups in total. The molecular formula is C18H17ClN4O2. The van der Waals surface area contributed by atoms with Gasteiger partial charge in [-0.3, -0.25) is 9.48 Å². The Labute approximate surface area is 149 Å². The zero-order chi connectivity index (χ0) is 17.4. The first kappa shape index (κ1) is 15.9. The van der Waals surface area contributed by atoms with E-state index in [2.05, 4.69) is 15.4 Å². The molecule has 1 atom stereocenters. The maximum absolute atomic E-state index is 12.6. The Morgan fingerprint density at radius 3 is 2.80 bits per heavy atom. The highest BCUT2D eigenvalue weighted by Gasteiger charge is 2.36. The molecule has 2 heterocycles. The van der Waals surface area contributed by atoms with Crippen LogP contribution in [0.1, 0.15) is 35.3 Å². The van der Waals surface area contributed by atoms with E-state index in [4.69, 9.17) is 16.0 Å². The highest BCUT2D eigenvalue weighted by Crippen LogP contribution is 2.40. The lowest BCUT2D eigenvalue weighted by atomic mass is 10.1. The molecular weight excluding hydrogens is 340 g/mol. The fourth-order valence-corrected chi connectivity index (χ4v) is 3.12. The molecule has 0 radical (unpaired) electrons. The molecule has 1 aromatic carbocycles. The molecule has 25 heavy (non-hydrogen) atoms. The number of aromatic nitrogens is 3. The quantitative estimate of drug-likeness (QED) is 0.758. The van der Waals surface area contributed by atoms with Gasteiger partial charge in [-0.25, -0.2) is 4.98 Å². The number of hydrogen-bond acceptors (Lipinski definition) is 4. The fraction of sp³-hybridized carbons (Fsp3) is 0.278. The van der Waals surface area contributed by atoms with Gasteiger partial charge in [0.1, 0.15) is 17.9 Å². The Balaban J connectivity index is 1.55. The van der Waals surface area contributed by atoms with Gasteiger partial charge in [0.25, 0.3) is 5.91 Å². The van der Waals surface area contributed by atoms with Crippen LogP contribution < -0.4 is 5.32 Å². The SMILES string of the molecule is Cn1ncnc1[C@@H](NC(=O)c1ccc(-c2ccccc2Cl)o1)C1CC1. The van der Waals surface area contributed by atoms with Crippen molar-refractivity contribution in [3.63, 3.8) is 0 Å². The van der Waals surface area contributed by atoms with E-state index in [1.165, 1.54) is 6.33 Å². The molecule has 1 aliphatic rings. The molecule has 7 heteroatoms. The second kappa shape index (κ2) is 6.37. The summed E-state index contributed by atoms with van der Waals surface area (Å²) in [6.07, 6.45) is 3.64. The van der Waals surface area contributed by atoms with Gasteiger partial charge in [-0.05, 0) is 43.0 Å². The Morgan fingerprint density at radius 2 is 2.12 bits per heavy atom. The van der Waals surface area contributed by atoms with Gasteiger partial charge in [-0.2, -0.15) is 5.10 Å². The van der Waals surface area contributed by atoms with E-state index in [1.807, 2.05) is 25.2 Å². The summed E-state index contributed by atoms with van der Waals surface area (Å²) in [7, 11) is 1.83. The highest BCUT2D eigenvalue weighted by atomic mass is 35.5. The van der Waals surface area contributed by atoms with E-state index in [0.29, 0.717) is 16.7 Å². The number of carbonyl (C=O) groups excluding carboxylic acids is 1. The third kappa shape index (κ3) is 3.17. The van der Waals surface area contributed by atoms with Crippen LogP contribution in [-0.2, 0) is 7.05 Å². The molecule has 0 saturated heterocycles. The van der Waals surface area contributed by atoms with Gasteiger partial charge >= 0.3 is 0 Å². The van der Waals surface area contributed by atoms with Crippen molar-refractivity contribution >= 4 is 17.5 Å². The number of aryl methyl sites for hydroxylation is 1. The largest absolute Gasteiger partial charge is 0.451 e. The molecule has 6 nitrogen and oxygen atoms in total. The second-order valence-electron chi connectivity index (χ2n) is 6.17. The highest BCUT2D eigenvalue weighted by molar-refractivity contribution is 6.33. The number of hydrogen-bond donors (Lipinski definition) is 1. The van der Waals surface area contributed by atoms with E-state index < -0.39 is 0 Å². The molecule has 0 bridgehead atoms. The van der Waals surface area contributed by atoms with E-state index in [-0.39, 0.29) is 17.7 Å². The summed E-state index contributed by atoms with van der Waals surface area (Å²) < 4.78 is 7.42. The standard InChI is InChI=1S/C18H17ClN4O2/c1-23-17(20-10-21-23)16(11-6-7-11)22-18(24)15-9-8-14(25-15)12-4-2-3-5-13(12)19/h2-5,8-11,16H,6-7H2,1H3,(H,22,24)/t16-/m0/s1. The lowest BCUT2D eigenvalue weighted by Gasteiger charge is -2.16. The lowest BCUT2D eigenvalue weighted by Crippen LogP contribution is -2.31. The van der Waals surface area contributed by atoms with Gasteiger partial charge in [-0.15, -0.1) is 0 Å². The fourth-order valence-electron chi connectivity index (χ4n) is 2.89. The topological polar surface area (TPSA) is 73.0 Å². The van der Waals surface area contributed by atoms with Crippen molar-refractivity contribution < 1.29 is 9.21 Å². The Hall–Kier alpha value is -2.60. The number of benzene rings is 1. The molecule has 0 aliphatic heterocycles. The maximum Gasteiger partial charge on any atom is 0.287 e. The van der Waals surface area contributed by atoms with Crippen LogP contribution >= 0.6 is 11.6 Å². The van der Waals surface area contributed by atoms with Crippen molar-refractivity contribution in [1.29, 1.82) is 0 Å². The van der Waals surface area contributed by atoms with E-state index >= 15 is 0 Å². The minimum Gasteiger partial charge on any atom is -0.451 e. The molecule has 128 valence electrons. The Kier molecular flexibility index (Phi) is 4.05. The summed E-state index contributed by atoms with van der Waals surface area (Å²) in [5, 5.41) is 7.71. The van der Waals surface area contributed by atoms with Crippen LogP contribution in [0.5, 0.6) is 0 Å². The summed E-state index contributed by atoms with van der Waals surface area (Å²) in [6.45, 7) is 0. The summed E-state index contributed by atoms with van der Waals surface area (Å²) in [5.41, 5.74) is 0.760. The molecule has 1 fully saturated rings. The lowest BCUT2D eigenvalue weighted by molar-refractivity contribution is 0.0901. The van der Waals surface area contributed by atoms with Gasteiger partial charge in [0.05, 0.1) is 11.1 Å². The zero-order valence-corrected chi connectivity index (χ0v) is 14.4. The Morgan fingerprint density at radius 1 is 1.32 bits per heavy atom. The first-order valence-corrected chi connectivity index (χ1v) is 8.51. The minimum atomic E-state index is -0.266. The number of carbonyl (C=O) groups is 1. The third-order valence-corrected chi connectivity index (χ3v) is 4.70. The minimum absolute atomic E-state index is 0.158. The summed E-state index contributed by atoms with van der Waals surface area (Å²) in [5.74, 6) is 1.71. The first-order valence-electron chi connectivity index (χ1n) is 8.13. The van der Waals surface area contributed by atoms with Crippen molar-refractivity contribution in [2.75, 3.05) is 0 Å². The monoisotopic (exact) mass is 356 g/mol. The van der Waals surface area contributed by atoms with Crippen molar-refractivity contribution in [1.82, 2.24) is 20.1 Å². The molecule has 1 aliphatic carbocycles. The molecule has 1 saturated carbocycles. The first-order chi connectivity index (χ1) is 12.1. The van der Waals surface area contributed by atoms with Crippen molar-refractivity contribution in [2.24, 2.45) is 13.0 Å². The summed E-state index contributed by atoms with van der Waals surface area (Å²) in [6, 6.07) is 10.6. The molecule has 2 aromatic heterocycles. The second-order valence-corrected chi connectivity index (χ2v) is 6.58. The van der Waals surface area contributed by atoms with Crippen LogP contribution in [-0.4, -0.2) is 20.7 Å². The van der Waals surface area contributed by atoms with Crippen LogP contribution in [0.4, 0.5) is 0 Å².